The minimum atomic E-state index is 1.01. The van der Waals surface area contributed by atoms with Crippen molar-refractivity contribution in [2.75, 3.05) is 10.5 Å². The van der Waals surface area contributed by atoms with Gasteiger partial charge in [-0.1, -0.05) is 30.3 Å². The van der Waals surface area contributed by atoms with E-state index in [1.54, 1.807) is 5.12 Å². The minimum Gasteiger partial charge on any atom is -0.284 e. The number of fused-ring (bicyclic) bond motifs is 3. The predicted octanol–water partition coefficient (Wildman–Crippen LogP) is 2.68. The zero-order valence-electron chi connectivity index (χ0n) is 9.07. The fraction of sp³-hybridized carbons (Fsp3) is 0.0769. The van der Waals surface area contributed by atoms with Crippen LogP contribution < -0.4 is 16.4 Å². The Morgan fingerprint density at radius 3 is 2.75 bits per heavy atom. The third kappa shape index (κ3) is 1.19. The number of aryl methyl sites for hydroxylation is 1. The summed E-state index contributed by atoms with van der Waals surface area (Å²) >= 11 is 0. The highest BCUT2D eigenvalue weighted by atomic mass is 15.7. The highest BCUT2D eigenvalue weighted by molar-refractivity contribution is 5.92. The van der Waals surface area contributed by atoms with Crippen molar-refractivity contribution in [3.63, 3.8) is 0 Å². The minimum absolute atomic E-state index is 1.01. The molecule has 0 atom stereocenters. The maximum absolute atomic E-state index is 5.95. The first-order chi connectivity index (χ1) is 7.77. The molecule has 3 N–H and O–H groups in total. The molecule has 0 saturated heterocycles. The number of rotatable bonds is 0. The molecule has 0 unspecified atom stereocenters. The van der Waals surface area contributed by atoms with E-state index in [4.69, 9.17) is 5.84 Å². The van der Waals surface area contributed by atoms with E-state index in [2.05, 4.69) is 24.5 Å². The Balaban J connectivity index is 2.35. The van der Waals surface area contributed by atoms with Gasteiger partial charge in [0.15, 0.2) is 0 Å². The smallest absolute Gasteiger partial charge is 0.0835 e. The molecule has 0 fully saturated rings. The molecule has 3 heteroatoms. The molecule has 0 aliphatic carbocycles. The standard InChI is InChI=1S/C13H13N3/c1-9-5-4-8-12-13(9)10-6-2-3-7-11(10)15-16(12)14/h2-8,15H,14H2,1H3. The van der Waals surface area contributed by atoms with Gasteiger partial charge in [0.2, 0.25) is 0 Å². The monoisotopic (exact) mass is 211 g/mol. The Kier molecular flexibility index (Phi) is 1.88. The lowest BCUT2D eigenvalue weighted by Crippen LogP contribution is -2.39. The molecule has 0 aromatic heterocycles. The van der Waals surface area contributed by atoms with Crippen LogP contribution in [0.15, 0.2) is 42.5 Å². The van der Waals surface area contributed by atoms with Crippen LogP contribution in [-0.2, 0) is 0 Å². The lowest BCUT2D eigenvalue weighted by Gasteiger charge is -2.31. The number of anilines is 2. The topological polar surface area (TPSA) is 41.3 Å². The zero-order valence-corrected chi connectivity index (χ0v) is 9.07. The van der Waals surface area contributed by atoms with Crippen LogP contribution in [0.3, 0.4) is 0 Å². The molecule has 1 heterocycles. The largest absolute Gasteiger partial charge is 0.284 e. The van der Waals surface area contributed by atoms with E-state index in [0.717, 1.165) is 11.4 Å². The Labute approximate surface area is 94.4 Å². The molecule has 16 heavy (non-hydrogen) atoms. The Morgan fingerprint density at radius 2 is 1.88 bits per heavy atom. The lowest BCUT2D eigenvalue weighted by atomic mass is 9.96. The Hall–Kier alpha value is -2.00. The zero-order chi connectivity index (χ0) is 11.1. The van der Waals surface area contributed by atoms with Gasteiger partial charge in [0.1, 0.15) is 0 Å². The second-order valence-corrected chi connectivity index (χ2v) is 4.00. The van der Waals surface area contributed by atoms with Crippen molar-refractivity contribution in [2.24, 2.45) is 5.84 Å². The third-order valence-corrected chi connectivity index (χ3v) is 2.95. The average molecular weight is 211 g/mol. The molecule has 80 valence electrons. The fourth-order valence-electron chi connectivity index (χ4n) is 2.19. The van der Waals surface area contributed by atoms with E-state index in [0.29, 0.717) is 0 Å². The summed E-state index contributed by atoms with van der Waals surface area (Å²) in [6.07, 6.45) is 0. The predicted molar refractivity (Wildman–Crippen MR) is 66.9 cm³/mol. The van der Waals surface area contributed by atoms with E-state index in [9.17, 15) is 0 Å². The summed E-state index contributed by atoms with van der Waals surface area (Å²) in [4.78, 5) is 0. The van der Waals surface area contributed by atoms with Crippen LogP contribution in [0.2, 0.25) is 0 Å². The number of hydrogen-bond acceptors (Lipinski definition) is 3. The van der Waals surface area contributed by atoms with Crippen LogP contribution in [0.25, 0.3) is 11.1 Å². The molecule has 3 rings (SSSR count). The fourth-order valence-corrected chi connectivity index (χ4v) is 2.19. The number of hydrazine groups is 2. The number of benzene rings is 2. The summed E-state index contributed by atoms with van der Waals surface area (Å²) < 4.78 is 0. The van der Waals surface area contributed by atoms with E-state index in [1.165, 1.54) is 16.7 Å². The Morgan fingerprint density at radius 1 is 1.06 bits per heavy atom. The summed E-state index contributed by atoms with van der Waals surface area (Å²) in [6.45, 7) is 2.11. The summed E-state index contributed by atoms with van der Waals surface area (Å²) in [5.41, 5.74) is 8.87. The van der Waals surface area contributed by atoms with E-state index in [-0.39, 0.29) is 0 Å². The number of nitrogens with zero attached hydrogens (tertiary/aromatic N) is 1. The Bertz CT molecular complexity index is 549. The van der Waals surface area contributed by atoms with Gasteiger partial charge >= 0.3 is 0 Å². The molecular formula is C13H13N3. The van der Waals surface area contributed by atoms with Crippen LogP contribution in [0.4, 0.5) is 11.4 Å². The van der Waals surface area contributed by atoms with Crippen molar-refractivity contribution in [1.82, 2.24) is 0 Å². The highest BCUT2D eigenvalue weighted by Crippen LogP contribution is 2.40. The van der Waals surface area contributed by atoms with Crippen molar-refractivity contribution >= 4 is 11.4 Å². The summed E-state index contributed by atoms with van der Waals surface area (Å²) in [7, 11) is 0. The molecule has 0 bridgehead atoms. The molecule has 2 aromatic rings. The molecule has 0 spiro atoms. The second-order valence-electron chi connectivity index (χ2n) is 4.00. The first-order valence-electron chi connectivity index (χ1n) is 5.28. The summed E-state index contributed by atoms with van der Waals surface area (Å²) in [6, 6.07) is 14.3. The molecule has 0 amide bonds. The van der Waals surface area contributed by atoms with Crippen molar-refractivity contribution in [1.29, 1.82) is 0 Å². The van der Waals surface area contributed by atoms with Gasteiger partial charge in [-0.25, -0.2) is 11.0 Å². The van der Waals surface area contributed by atoms with Gasteiger partial charge in [0.25, 0.3) is 0 Å². The third-order valence-electron chi connectivity index (χ3n) is 2.95. The molecule has 1 aliphatic heterocycles. The van der Waals surface area contributed by atoms with Gasteiger partial charge in [0, 0.05) is 11.1 Å². The van der Waals surface area contributed by atoms with Gasteiger partial charge in [-0.3, -0.25) is 5.43 Å². The van der Waals surface area contributed by atoms with Crippen LogP contribution >= 0.6 is 0 Å². The van der Waals surface area contributed by atoms with Crippen molar-refractivity contribution < 1.29 is 0 Å². The SMILES string of the molecule is Cc1cccc2c1-c1ccccc1NN2N. The normalized spacial score (nSPS) is 12.8. The van der Waals surface area contributed by atoms with Crippen LogP contribution in [0, 0.1) is 6.92 Å². The first-order valence-corrected chi connectivity index (χ1v) is 5.28. The maximum atomic E-state index is 5.95. The second kappa shape index (κ2) is 3.25. The number of hydrogen-bond donors (Lipinski definition) is 2. The van der Waals surface area contributed by atoms with E-state index < -0.39 is 0 Å². The van der Waals surface area contributed by atoms with Crippen molar-refractivity contribution in [2.45, 2.75) is 6.92 Å². The van der Waals surface area contributed by atoms with Gasteiger partial charge in [0.05, 0.1) is 11.4 Å². The van der Waals surface area contributed by atoms with E-state index in [1.807, 2.05) is 30.3 Å². The van der Waals surface area contributed by atoms with Crippen LogP contribution in [0.5, 0.6) is 0 Å². The summed E-state index contributed by atoms with van der Waals surface area (Å²) in [5.74, 6) is 5.95. The van der Waals surface area contributed by atoms with E-state index >= 15 is 0 Å². The number of para-hydroxylation sites is 1. The van der Waals surface area contributed by atoms with Gasteiger partial charge in [-0.15, -0.1) is 0 Å². The van der Waals surface area contributed by atoms with Gasteiger partial charge < -0.3 is 0 Å². The molecule has 0 saturated carbocycles. The molecule has 3 nitrogen and oxygen atoms in total. The summed E-state index contributed by atoms with van der Waals surface area (Å²) in [5, 5.41) is 1.57. The lowest BCUT2D eigenvalue weighted by molar-refractivity contribution is 0.980. The van der Waals surface area contributed by atoms with Crippen LogP contribution in [-0.4, -0.2) is 0 Å². The molecule has 1 aliphatic rings. The molecular weight excluding hydrogens is 198 g/mol. The van der Waals surface area contributed by atoms with Gasteiger partial charge in [-0.05, 0) is 24.6 Å². The molecule has 0 radical (unpaired) electrons. The first kappa shape index (κ1) is 9.24. The van der Waals surface area contributed by atoms with Crippen molar-refractivity contribution in [3.05, 3.63) is 48.0 Å². The quantitative estimate of drug-likeness (QED) is 0.658. The highest BCUT2D eigenvalue weighted by Gasteiger charge is 2.20. The number of nitrogens with two attached hydrogens (primary N) is 1. The maximum Gasteiger partial charge on any atom is 0.0835 e. The number of nitrogens with one attached hydrogen (secondary N) is 1. The van der Waals surface area contributed by atoms with Gasteiger partial charge in [-0.2, -0.15) is 0 Å². The molecule has 2 aromatic carbocycles. The van der Waals surface area contributed by atoms with Crippen LogP contribution in [0.1, 0.15) is 5.56 Å². The average Bonchev–Trinajstić information content (AvgIpc) is 2.30. The van der Waals surface area contributed by atoms with Crippen molar-refractivity contribution in [3.8, 4) is 11.1 Å².